The van der Waals surface area contributed by atoms with Crippen molar-refractivity contribution in [1.82, 2.24) is 0 Å². The van der Waals surface area contributed by atoms with Crippen LogP contribution >= 0.6 is 23.2 Å². The zero-order valence-corrected chi connectivity index (χ0v) is 9.47. The number of hydrogen-bond acceptors (Lipinski definition) is 3. The minimum absolute atomic E-state index is 0.0509. The Morgan fingerprint density at radius 3 is 2.80 bits per heavy atom. The quantitative estimate of drug-likeness (QED) is 0.495. The molecule has 0 aliphatic rings. The molecule has 0 unspecified atom stereocenters. The molecule has 0 heterocycles. The van der Waals surface area contributed by atoms with Crippen molar-refractivity contribution < 1.29 is 9.53 Å². The molecule has 0 saturated heterocycles. The van der Waals surface area contributed by atoms with Crippen molar-refractivity contribution in [2.24, 2.45) is 0 Å². The van der Waals surface area contributed by atoms with Gasteiger partial charge in [-0.05, 0) is 29.8 Å². The molecule has 15 heavy (non-hydrogen) atoms. The summed E-state index contributed by atoms with van der Waals surface area (Å²) in [5, 5.41) is 0.413. The monoisotopic (exact) mass is 245 g/mol. The number of halogens is 2. The van der Waals surface area contributed by atoms with Crippen molar-refractivity contribution in [3.05, 3.63) is 33.8 Å². The highest BCUT2D eigenvalue weighted by atomic mass is 35.5. The van der Waals surface area contributed by atoms with Gasteiger partial charge in [0.25, 0.3) is 0 Å². The summed E-state index contributed by atoms with van der Waals surface area (Å²) >= 11 is 11.6. The summed E-state index contributed by atoms with van der Waals surface area (Å²) < 4.78 is 4.44. The Kier molecular flexibility index (Phi) is 4.00. The first-order valence-corrected chi connectivity index (χ1v) is 4.80. The standard InChI is InChI=1S/C10H9Cl2NO2/c1-15-10(14)9(12)5-6-4-7(13)2-3-8(6)11/h2-5H,13H2,1H3. The lowest BCUT2D eigenvalue weighted by Gasteiger charge is -2.01. The average Bonchev–Trinajstić information content (AvgIpc) is 2.22. The molecule has 1 aromatic carbocycles. The SMILES string of the molecule is COC(=O)C(Cl)=Cc1cc(N)ccc1Cl. The number of methoxy groups -OCH3 is 1. The van der Waals surface area contributed by atoms with E-state index in [1.807, 2.05) is 0 Å². The first kappa shape index (κ1) is 11.9. The van der Waals surface area contributed by atoms with E-state index in [4.69, 9.17) is 28.9 Å². The highest BCUT2D eigenvalue weighted by Gasteiger charge is 2.07. The summed E-state index contributed by atoms with van der Waals surface area (Å²) in [6, 6.07) is 4.91. The molecular weight excluding hydrogens is 237 g/mol. The van der Waals surface area contributed by atoms with Crippen LogP contribution in [0.25, 0.3) is 6.08 Å². The number of benzene rings is 1. The zero-order valence-electron chi connectivity index (χ0n) is 7.96. The highest BCUT2D eigenvalue weighted by Crippen LogP contribution is 2.22. The minimum atomic E-state index is -0.616. The predicted octanol–water partition coefficient (Wildman–Crippen LogP) is 2.67. The third kappa shape index (κ3) is 3.15. The Bertz CT molecular complexity index is 416. The molecule has 2 N–H and O–H groups in total. The number of ether oxygens (including phenoxy) is 1. The molecule has 80 valence electrons. The van der Waals surface area contributed by atoms with Crippen LogP contribution in [0.3, 0.4) is 0 Å². The number of rotatable bonds is 2. The zero-order chi connectivity index (χ0) is 11.4. The number of carbonyl (C=O) groups is 1. The molecule has 0 aliphatic heterocycles. The maximum Gasteiger partial charge on any atom is 0.349 e. The van der Waals surface area contributed by atoms with E-state index in [1.54, 1.807) is 18.2 Å². The smallest absolute Gasteiger partial charge is 0.349 e. The normalized spacial score (nSPS) is 11.3. The molecule has 5 heteroatoms. The van der Waals surface area contributed by atoms with Crippen LogP contribution < -0.4 is 5.73 Å². The van der Waals surface area contributed by atoms with E-state index in [2.05, 4.69) is 4.74 Å². The number of carbonyl (C=O) groups excluding carboxylic acids is 1. The Labute approximate surface area is 97.4 Å². The van der Waals surface area contributed by atoms with E-state index in [1.165, 1.54) is 13.2 Å². The maximum atomic E-state index is 11.0. The van der Waals surface area contributed by atoms with E-state index < -0.39 is 5.97 Å². The van der Waals surface area contributed by atoms with Gasteiger partial charge in [0, 0.05) is 10.7 Å². The van der Waals surface area contributed by atoms with Gasteiger partial charge in [0.05, 0.1) is 7.11 Å². The average molecular weight is 246 g/mol. The second-order valence-electron chi connectivity index (χ2n) is 2.76. The summed E-state index contributed by atoms with van der Waals surface area (Å²) in [4.78, 5) is 11.0. The molecule has 0 radical (unpaired) electrons. The van der Waals surface area contributed by atoms with Crippen LogP contribution in [0.1, 0.15) is 5.56 Å². The Hall–Kier alpha value is -1.19. The van der Waals surface area contributed by atoms with Gasteiger partial charge in [0.1, 0.15) is 5.03 Å². The molecule has 1 rings (SSSR count). The van der Waals surface area contributed by atoms with Crippen LogP contribution in [0, 0.1) is 0 Å². The molecule has 1 aromatic rings. The molecule has 0 aromatic heterocycles. The number of anilines is 1. The molecular formula is C10H9Cl2NO2. The first-order valence-electron chi connectivity index (χ1n) is 4.05. The van der Waals surface area contributed by atoms with Gasteiger partial charge in [0.15, 0.2) is 0 Å². The molecule has 3 nitrogen and oxygen atoms in total. The van der Waals surface area contributed by atoms with Gasteiger partial charge in [-0.25, -0.2) is 4.79 Å². The lowest BCUT2D eigenvalue weighted by molar-refractivity contribution is -0.135. The van der Waals surface area contributed by atoms with Crippen LogP contribution in [0.2, 0.25) is 5.02 Å². The van der Waals surface area contributed by atoms with Gasteiger partial charge in [-0.1, -0.05) is 23.2 Å². The van der Waals surface area contributed by atoms with Crippen LogP contribution in [-0.2, 0) is 9.53 Å². The van der Waals surface area contributed by atoms with Crippen molar-refractivity contribution in [1.29, 1.82) is 0 Å². The van der Waals surface area contributed by atoms with E-state index in [-0.39, 0.29) is 5.03 Å². The molecule has 0 bridgehead atoms. The largest absolute Gasteiger partial charge is 0.465 e. The fraction of sp³-hybridized carbons (Fsp3) is 0.100. The summed E-state index contributed by atoms with van der Waals surface area (Å²) in [5.74, 6) is -0.616. The molecule has 0 atom stereocenters. The van der Waals surface area contributed by atoms with Gasteiger partial charge in [-0.2, -0.15) is 0 Å². The fourth-order valence-electron chi connectivity index (χ4n) is 0.966. The topological polar surface area (TPSA) is 52.3 Å². The van der Waals surface area contributed by atoms with Crippen LogP contribution in [0.15, 0.2) is 23.2 Å². The summed E-state index contributed by atoms with van der Waals surface area (Å²) in [5.41, 5.74) is 6.68. The molecule has 0 spiro atoms. The van der Waals surface area contributed by atoms with E-state index in [0.717, 1.165) is 0 Å². The van der Waals surface area contributed by atoms with Crippen molar-refractivity contribution in [3.8, 4) is 0 Å². The van der Waals surface area contributed by atoms with Crippen molar-refractivity contribution in [2.45, 2.75) is 0 Å². The lowest BCUT2D eigenvalue weighted by atomic mass is 10.2. The number of hydrogen-bond donors (Lipinski definition) is 1. The van der Waals surface area contributed by atoms with Gasteiger partial charge < -0.3 is 10.5 Å². The third-order valence-corrected chi connectivity index (χ3v) is 2.29. The number of nitrogen functional groups attached to an aromatic ring is 1. The van der Waals surface area contributed by atoms with E-state index in [0.29, 0.717) is 16.3 Å². The number of esters is 1. The Balaban J connectivity index is 3.07. The first-order chi connectivity index (χ1) is 7.04. The molecule has 0 amide bonds. The van der Waals surface area contributed by atoms with E-state index >= 15 is 0 Å². The van der Waals surface area contributed by atoms with Gasteiger partial charge in [-0.15, -0.1) is 0 Å². The summed E-state index contributed by atoms with van der Waals surface area (Å²) in [6.07, 6.45) is 1.41. The molecule has 0 fully saturated rings. The fourth-order valence-corrected chi connectivity index (χ4v) is 1.33. The highest BCUT2D eigenvalue weighted by molar-refractivity contribution is 6.43. The lowest BCUT2D eigenvalue weighted by Crippen LogP contribution is -1.99. The van der Waals surface area contributed by atoms with Crippen molar-refractivity contribution in [3.63, 3.8) is 0 Å². The van der Waals surface area contributed by atoms with Crippen LogP contribution in [0.4, 0.5) is 5.69 Å². The van der Waals surface area contributed by atoms with Crippen molar-refractivity contribution in [2.75, 3.05) is 12.8 Å². The maximum absolute atomic E-state index is 11.0. The van der Waals surface area contributed by atoms with Crippen molar-refractivity contribution >= 4 is 40.9 Å². The molecule has 0 aliphatic carbocycles. The van der Waals surface area contributed by atoms with Gasteiger partial charge in [-0.3, -0.25) is 0 Å². The second-order valence-corrected chi connectivity index (χ2v) is 3.58. The third-order valence-electron chi connectivity index (χ3n) is 1.68. The van der Waals surface area contributed by atoms with Crippen LogP contribution in [-0.4, -0.2) is 13.1 Å². The minimum Gasteiger partial charge on any atom is -0.465 e. The van der Waals surface area contributed by atoms with Gasteiger partial charge in [0.2, 0.25) is 0 Å². The predicted molar refractivity (Wildman–Crippen MR) is 61.7 cm³/mol. The summed E-state index contributed by atoms with van der Waals surface area (Å²) in [7, 11) is 1.25. The van der Waals surface area contributed by atoms with Crippen LogP contribution in [0.5, 0.6) is 0 Å². The number of nitrogens with two attached hydrogens (primary N) is 1. The van der Waals surface area contributed by atoms with E-state index in [9.17, 15) is 4.79 Å². The Morgan fingerprint density at radius 1 is 1.53 bits per heavy atom. The Morgan fingerprint density at radius 2 is 2.20 bits per heavy atom. The second kappa shape index (κ2) is 5.05. The molecule has 0 saturated carbocycles. The van der Waals surface area contributed by atoms with Gasteiger partial charge >= 0.3 is 5.97 Å². The summed E-state index contributed by atoms with van der Waals surface area (Å²) in [6.45, 7) is 0.